The van der Waals surface area contributed by atoms with Gasteiger partial charge in [-0.2, -0.15) is 0 Å². The van der Waals surface area contributed by atoms with E-state index in [1.165, 1.54) is 11.8 Å². The monoisotopic (exact) mass is 474 g/mol. The molecule has 0 spiro atoms. The summed E-state index contributed by atoms with van der Waals surface area (Å²) >= 11 is 1.49. The van der Waals surface area contributed by atoms with Gasteiger partial charge in [-0.3, -0.25) is 4.57 Å². The first-order valence-corrected chi connectivity index (χ1v) is 11.8. The molecule has 3 rings (SSSR count). The van der Waals surface area contributed by atoms with Crippen LogP contribution in [-0.2, 0) is 23.1 Å². The van der Waals surface area contributed by atoms with Crippen LogP contribution in [0.4, 0.5) is 0 Å². The van der Waals surface area contributed by atoms with E-state index in [0.717, 1.165) is 15.4 Å². The molecule has 0 radical (unpaired) electrons. The fraction of sp³-hybridized carbons (Fsp3) is 0.333. The molecule has 0 aromatic heterocycles. The third-order valence-electron chi connectivity index (χ3n) is 4.15. The normalized spacial score (nSPS) is 14.2. The molecule has 2 aromatic rings. The SMILES string of the molecule is CCOCCOCCOP(=O)([O-])OC1=Cc2ccccc2Sc2c(OC)cccc21.[Na+]. The van der Waals surface area contributed by atoms with Crippen molar-refractivity contribution in [2.75, 3.05) is 40.1 Å². The summed E-state index contributed by atoms with van der Waals surface area (Å²) in [6.45, 7) is 3.28. The van der Waals surface area contributed by atoms with E-state index < -0.39 is 7.82 Å². The minimum Gasteiger partial charge on any atom is -0.746 e. The van der Waals surface area contributed by atoms with Crippen LogP contribution >= 0.6 is 19.6 Å². The average molecular weight is 474 g/mol. The molecule has 7 nitrogen and oxygen atoms in total. The van der Waals surface area contributed by atoms with Crippen molar-refractivity contribution in [3.05, 3.63) is 53.6 Å². The first-order chi connectivity index (χ1) is 14.5. The molecule has 2 aromatic carbocycles. The van der Waals surface area contributed by atoms with Crippen molar-refractivity contribution in [2.45, 2.75) is 16.7 Å². The topological polar surface area (TPSA) is 86.3 Å². The van der Waals surface area contributed by atoms with Gasteiger partial charge in [0, 0.05) is 17.1 Å². The molecule has 10 heteroatoms. The second-order valence-corrected chi connectivity index (χ2v) is 8.55. The zero-order chi connectivity index (χ0) is 21.4. The van der Waals surface area contributed by atoms with E-state index in [-0.39, 0.29) is 48.5 Å². The van der Waals surface area contributed by atoms with E-state index in [0.29, 0.717) is 31.1 Å². The van der Waals surface area contributed by atoms with Crippen LogP contribution in [0, 0.1) is 0 Å². The van der Waals surface area contributed by atoms with Crippen LogP contribution in [0.3, 0.4) is 0 Å². The minimum absolute atomic E-state index is 0. The molecule has 1 atom stereocenters. The van der Waals surface area contributed by atoms with Gasteiger partial charge < -0.3 is 28.2 Å². The zero-order valence-electron chi connectivity index (χ0n) is 17.9. The van der Waals surface area contributed by atoms with Gasteiger partial charge in [-0.05, 0) is 36.8 Å². The van der Waals surface area contributed by atoms with E-state index in [4.69, 9.17) is 23.3 Å². The standard InChI is InChI=1S/C21H25O7PS.Na/c1-3-25-11-12-26-13-14-27-29(22,23)28-19-15-16-7-4-5-10-20(16)30-21-17(19)8-6-9-18(21)24-2;/h4-10,15H,3,11-14H2,1-2H3,(H,22,23);/q;+1/p-1. The second-order valence-electron chi connectivity index (χ2n) is 6.17. The van der Waals surface area contributed by atoms with Gasteiger partial charge in [0.1, 0.15) is 11.5 Å². The molecule has 1 heterocycles. The van der Waals surface area contributed by atoms with Crippen LogP contribution in [-0.4, -0.2) is 40.1 Å². The molecular weight excluding hydrogens is 450 g/mol. The van der Waals surface area contributed by atoms with E-state index >= 15 is 0 Å². The summed E-state index contributed by atoms with van der Waals surface area (Å²) in [7, 11) is -3.04. The Morgan fingerprint density at radius 1 is 1.00 bits per heavy atom. The zero-order valence-corrected chi connectivity index (χ0v) is 21.6. The van der Waals surface area contributed by atoms with E-state index in [9.17, 15) is 9.46 Å². The molecule has 0 fully saturated rings. The Hall–Kier alpha value is -0.800. The van der Waals surface area contributed by atoms with Crippen LogP contribution in [0.25, 0.3) is 11.8 Å². The molecule has 1 aliphatic heterocycles. The second kappa shape index (κ2) is 13.0. The minimum atomic E-state index is -4.61. The molecule has 0 saturated heterocycles. The van der Waals surface area contributed by atoms with Crippen LogP contribution in [0.15, 0.2) is 52.3 Å². The Kier molecular flexibility index (Phi) is 11.1. The van der Waals surface area contributed by atoms with Gasteiger partial charge in [0.2, 0.25) is 0 Å². The Morgan fingerprint density at radius 2 is 1.74 bits per heavy atom. The maximum absolute atomic E-state index is 12.4. The number of fused-ring (bicyclic) bond motifs is 2. The molecular formula is C21H24NaO7PS. The smallest absolute Gasteiger partial charge is 0.746 e. The van der Waals surface area contributed by atoms with Gasteiger partial charge in [0.05, 0.1) is 38.4 Å². The molecule has 0 saturated carbocycles. The molecule has 0 N–H and O–H groups in total. The molecule has 0 bridgehead atoms. The number of rotatable bonds is 11. The van der Waals surface area contributed by atoms with Gasteiger partial charge in [-0.15, -0.1) is 0 Å². The predicted molar refractivity (Wildman–Crippen MR) is 113 cm³/mol. The van der Waals surface area contributed by atoms with Gasteiger partial charge in [-0.25, -0.2) is 0 Å². The summed E-state index contributed by atoms with van der Waals surface area (Å²) in [6, 6.07) is 13.1. The molecule has 162 valence electrons. The van der Waals surface area contributed by atoms with Crippen LogP contribution < -0.4 is 39.2 Å². The number of ether oxygens (including phenoxy) is 3. The Morgan fingerprint density at radius 3 is 2.52 bits per heavy atom. The van der Waals surface area contributed by atoms with Gasteiger partial charge in [0.25, 0.3) is 0 Å². The summed E-state index contributed by atoms with van der Waals surface area (Å²) in [4.78, 5) is 14.2. The average Bonchev–Trinajstić information content (AvgIpc) is 2.89. The van der Waals surface area contributed by atoms with Crippen molar-refractivity contribution >= 4 is 31.4 Å². The van der Waals surface area contributed by atoms with Crippen molar-refractivity contribution in [3.8, 4) is 5.75 Å². The maximum Gasteiger partial charge on any atom is 1.00 e. The van der Waals surface area contributed by atoms with Crippen molar-refractivity contribution in [2.24, 2.45) is 0 Å². The van der Waals surface area contributed by atoms with Crippen molar-refractivity contribution in [1.29, 1.82) is 0 Å². The first kappa shape index (κ1) is 26.5. The third kappa shape index (κ3) is 7.63. The Balaban J connectivity index is 0.00000341. The fourth-order valence-corrected chi connectivity index (χ4v) is 4.68. The van der Waals surface area contributed by atoms with Crippen LogP contribution in [0.2, 0.25) is 0 Å². The van der Waals surface area contributed by atoms with Gasteiger partial charge in [-0.1, -0.05) is 36.0 Å². The Labute approximate surface area is 209 Å². The van der Waals surface area contributed by atoms with E-state index in [1.54, 1.807) is 25.3 Å². The van der Waals surface area contributed by atoms with Crippen LogP contribution in [0.1, 0.15) is 18.1 Å². The summed E-state index contributed by atoms with van der Waals surface area (Å²) < 4.78 is 38.7. The number of phosphoric ester groups is 1. The molecule has 31 heavy (non-hydrogen) atoms. The Bertz CT molecular complexity index is 938. The largest absolute Gasteiger partial charge is 1.00 e. The maximum atomic E-state index is 12.4. The molecule has 0 aliphatic carbocycles. The summed E-state index contributed by atoms with van der Waals surface area (Å²) in [6.07, 6.45) is 1.69. The summed E-state index contributed by atoms with van der Waals surface area (Å²) in [5.41, 5.74) is 1.46. The number of hydrogen-bond acceptors (Lipinski definition) is 8. The van der Waals surface area contributed by atoms with Crippen molar-refractivity contribution < 1.29 is 62.3 Å². The van der Waals surface area contributed by atoms with Gasteiger partial charge >= 0.3 is 37.4 Å². The predicted octanol–water partition coefficient (Wildman–Crippen LogP) is 1.22. The van der Waals surface area contributed by atoms with Crippen molar-refractivity contribution in [1.82, 2.24) is 0 Å². The number of benzene rings is 2. The van der Waals surface area contributed by atoms with E-state index in [1.807, 2.05) is 37.3 Å². The first-order valence-electron chi connectivity index (χ1n) is 9.50. The quantitative estimate of drug-likeness (QED) is 0.273. The third-order valence-corrected chi connectivity index (χ3v) is 6.28. The van der Waals surface area contributed by atoms with E-state index in [2.05, 4.69) is 0 Å². The molecule has 1 unspecified atom stereocenters. The summed E-state index contributed by atoms with van der Waals surface area (Å²) in [5, 5.41) is 0. The molecule has 1 aliphatic rings. The number of methoxy groups -OCH3 is 1. The fourth-order valence-electron chi connectivity index (χ4n) is 2.79. The number of phosphoric acid groups is 1. The molecule has 0 amide bonds. The van der Waals surface area contributed by atoms with Crippen LogP contribution in [0.5, 0.6) is 5.75 Å². The summed E-state index contributed by atoms with van der Waals surface area (Å²) in [5.74, 6) is 0.810. The van der Waals surface area contributed by atoms with Crippen molar-refractivity contribution in [3.63, 3.8) is 0 Å². The number of hydrogen-bond donors (Lipinski definition) is 0. The van der Waals surface area contributed by atoms with Gasteiger partial charge in [0.15, 0.2) is 0 Å².